The number of nitrogens with zero attached hydrogens (tertiary/aromatic N) is 3. The van der Waals surface area contributed by atoms with E-state index in [-0.39, 0.29) is 6.17 Å². The minimum absolute atomic E-state index is 0.325. The molecule has 6 nitrogen and oxygen atoms in total. The Hall–Kier alpha value is -2.00. The molecular formula is C25H33N3O3S2. The molecule has 0 amide bonds. The lowest BCUT2D eigenvalue weighted by Crippen LogP contribution is -2.58. The molecule has 2 aliphatic rings. The molecule has 0 saturated carbocycles. The number of rotatable bonds is 9. The second kappa shape index (κ2) is 10.5. The predicted molar refractivity (Wildman–Crippen MR) is 136 cm³/mol. The van der Waals surface area contributed by atoms with Gasteiger partial charge in [0.1, 0.15) is 11.4 Å². The molecule has 1 N–H and O–H groups in total. The number of anilines is 2. The van der Waals surface area contributed by atoms with Crippen LogP contribution < -0.4 is 4.90 Å². The summed E-state index contributed by atoms with van der Waals surface area (Å²) in [6.45, 7) is 6.91. The molecule has 8 heteroatoms. The standard InChI is InChI=1S/C25H33N3O3S2/c1-3-15-26-17-9-18-27(16-4-2)25(26)24(33(29,30)31)14-19-28-20-10-5-7-12-22(20)32-23-13-8-6-11-21(23)28/h5-13,17,24-25H,3-4,14-16,18-19H2,1-2H3,(H,29,30,31). The number of benzene rings is 2. The molecule has 4 rings (SSSR count). The first-order valence-corrected chi connectivity index (χ1v) is 14.0. The topological polar surface area (TPSA) is 64.1 Å². The fraction of sp³-hybridized carbons (Fsp3) is 0.440. The van der Waals surface area contributed by atoms with Crippen LogP contribution >= 0.6 is 11.8 Å². The second-order valence-electron chi connectivity index (χ2n) is 8.56. The highest BCUT2D eigenvalue weighted by atomic mass is 32.2. The maximum Gasteiger partial charge on any atom is 0.271 e. The van der Waals surface area contributed by atoms with Gasteiger partial charge in [-0.1, -0.05) is 56.0 Å². The molecule has 178 valence electrons. The van der Waals surface area contributed by atoms with Crippen LogP contribution in [0.5, 0.6) is 0 Å². The molecule has 2 aromatic rings. The van der Waals surface area contributed by atoms with Crippen LogP contribution in [-0.4, -0.2) is 60.4 Å². The summed E-state index contributed by atoms with van der Waals surface area (Å²) in [5.74, 6) is 0. The Balaban J connectivity index is 1.66. The van der Waals surface area contributed by atoms with E-state index in [1.807, 2.05) is 30.5 Å². The van der Waals surface area contributed by atoms with Gasteiger partial charge in [-0.3, -0.25) is 9.45 Å². The lowest BCUT2D eigenvalue weighted by atomic mass is 10.1. The molecule has 2 aliphatic heterocycles. The van der Waals surface area contributed by atoms with E-state index in [0.717, 1.165) is 47.1 Å². The summed E-state index contributed by atoms with van der Waals surface area (Å²) >= 11 is 1.73. The molecule has 2 atom stereocenters. The van der Waals surface area contributed by atoms with Gasteiger partial charge in [0.25, 0.3) is 10.1 Å². The Morgan fingerprint density at radius 1 is 0.970 bits per heavy atom. The third kappa shape index (κ3) is 5.24. The summed E-state index contributed by atoms with van der Waals surface area (Å²) in [4.78, 5) is 8.78. The maximum absolute atomic E-state index is 12.7. The minimum atomic E-state index is -4.27. The Morgan fingerprint density at radius 2 is 1.58 bits per heavy atom. The molecule has 2 heterocycles. The van der Waals surface area contributed by atoms with Crippen molar-refractivity contribution in [3.63, 3.8) is 0 Å². The largest absolute Gasteiger partial charge is 0.361 e. The normalized spacial score (nSPS) is 19.3. The van der Waals surface area contributed by atoms with Crippen molar-refractivity contribution in [2.45, 2.75) is 54.3 Å². The molecule has 33 heavy (non-hydrogen) atoms. The Labute approximate surface area is 202 Å². The predicted octanol–water partition coefficient (Wildman–Crippen LogP) is 5.21. The van der Waals surface area contributed by atoms with E-state index in [1.54, 1.807) is 11.8 Å². The van der Waals surface area contributed by atoms with Crippen molar-refractivity contribution in [3.8, 4) is 0 Å². The SMILES string of the molecule is CCCN1C=CCN(CCC)C1C(CCN1c2ccccc2Sc2ccccc21)S(=O)(=O)O. The first kappa shape index (κ1) is 24.1. The molecule has 0 spiro atoms. The van der Waals surface area contributed by atoms with Gasteiger partial charge in [0.15, 0.2) is 0 Å². The highest BCUT2D eigenvalue weighted by Gasteiger charge is 2.40. The molecule has 2 unspecified atom stereocenters. The summed E-state index contributed by atoms with van der Waals surface area (Å²) < 4.78 is 35.9. The average Bonchev–Trinajstić information content (AvgIpc) is 2.79. The fourth-order valence-corrected chi connectivity index (χ4v) is 7.01. The third-order valence-electron chi connectivity index (χ3n) is 6.23. The van der Waals surface area contributed by atoms with E-state index in [9.17, 15) is 13.0 Å². The fourth-order valence-electron chi connectivity index (χ4n) is 4.88. The Kier molecular flexibility index (Phi) is 7.69. The van der Waals surface area contributed by atoms with E-state index in [2.05, 4.69) is 58.9 Å². The van der Waals surface area contributed by atoms with Crippen molar-refractivity contribution in [1.82, 2.24) is 9.80 Å². The van der Waals surface area contributed by atoms with Crippen LogP contribution in [0.3, 0.4) is 0 Å². The van der Waals surface area contributed by atoms with Crippen LogP contribution in [0.25, 0.3) is 0 Å². The molecule has 0 bridgehead atoms. The van der Waals surface area contributed by atoms with Gasteiger partial charge in [-0.25, -0.2) is 0 Å². The van der Waals surface area contributed by atoms with Crippen molar-refractivity contribution in [2.75, 3.05) is 31.1 Å². The second-order valence-corrected chi connectivity index (χ2v) is 11.3. The van der Waals surface area contributed by atoms with Crippen molar-refractivity contribution in [3.05, 3.63) is 60.8 Å². The highest BCUT2D eigenvalue weighted by Crippen LogP contribution is 2.48. The van der Waals surface area contributed by atoms with Crippen molar-refractivity contribution in [1.29, 1.82) is 0 Å². The van der Waals surface area contributed by atoms with E-state index < -0.39 is 15.4 Å². The van der Waals surface area contributed by atoms with Crippen LogP contribution in [0, 0.1) is 0 Å². The van der Waals surface area contributed by atoms with E-state index >= 15 is 0 Å². The zero-order valence-electron chi connectivity index (χ0n) is 19.3. The molecule has 0 aromatic heterocycles. The van der Waals surface area contributed by atoms with Gasteiger partial charge in [0.2, 0.25) is 0 Å². The number of fused-ring (bicyclic) bond motifs is 2. The van der Waals surface area contributed by atoms with E-state index in [0.29, 0.717) is 19.5 Å². The van der Waals surface area contributed by atoms with Crippen LogP contribution in [0.4, 0.5) is 11.4 Å². The smallest absolute Gasteiger partial charge is 0.271 e. The van der Waals surface area contributed by atoms with Gasteiger partial charge in [-0.05, 0) is 49.7 Å². The van der Waals surface area contributed by atoms with Crippen LogP contribution in [0.15, 0.2) is 70.6 Å². The first-order valence-electron chi connectivity index (χ1n) is 11.7. The monoisotopic (exact) mass is 487 g/mol. The molecular weight excluding hydrogens is 454 g/mol. The van der Waals surface area contributed by atoms with E-state index in [4.69, 9.17) is 0 Å². The summed E-state index contributed by atoms with van der Waals surface area (Å²) in [5, 5.41) is -0.908. The van der Waals surface area contributed by atoms with Crippen molar-refractivity contribution < 1.29 is 13.0 Å². The Morgan fingerprint density at radius 3 is 2.15 bits per heavy atom. The van der Waals surface area contributed by atoms with Crippen molar-refractivity contribution >= 4 is 33.3 Å². The number of hydrogen-bond acceptors (Lipinski definition) is 6. The van der Waals surface area contributed by atoms with Gasteiger partial charge in [-0.2, -0.15) is 8.42 Å². The van der Waals surface area contributed by atoms with Gasteiger partial charge >= 0.3 is 0 Å². The Bertz CT molecular complexity index is 1040. The summed E-state index contributed by atoms with van der Waals surface area (Å²) in [6.07, 6.45) is 5.85. The quantitative estimate of drug-likeness (QED) is 0.487. The number of hydrogen-bond donors (Lipinski definition) is 1. The molecule has 2 aromatic carbocycles. The molecule has 0 fully saturated rings. The zero-order chi connectivity index (χ0) is 23.4. The summed E-state index contributed by atoms with van der Waals surface area (Å²) in [5.41, 5.74) is 2.16. The van der Waals surface area contributed by atoms with Crippen LogP contribution in [-0.2, 0) is 10.1 Å². The zero-order valence-corrected chi connectivity index (χ0v) is 20.9. The van der Waals surface area contributed by atoms with Gasteiger partial charge < -0.3 is 9.80 Å². The van der Waals surface area contributed by atoms with Crippen molar-refractivity contribution in [2.24, 2.45) is 0 Å². The summed E-state index contributed by atoms with van der Waals surface area (Å²) in [7, 11) is -4.27. The maximum atomic E-state index is 12.7. The van der Waals surface area contributed by atoms with Crippen LogP contribution in [0.2, 0.25) is 0 Å². The highest BCUT2D eigenvalue weighted by molar-refractivity contribution is 7.99. The van der Waals surface area contributed by atoms with Gasteiger partial charge in [0, 0.05) is 36.0 Å². The van der Waals surface area contributed by atoms with Gasteiger partial charge in [0.05, 0.1) is 11.4 Å². The van der Waals surface area contributed by atoms with Gasteiger partial charge in [-0.15, -0.1) is 0 Å². The lowest BCUT2D eigenvalue weighted by molar-refractivity contribution is 0.0652. The number of para-hydroxylation sites is 2. The molecule has 0 aliphatic carbocycles. The minimum Gasteiger partial charge on any atom is -0.361 e. The summed E-state index contributed by atoms with van der Waals surface area (Å²) in [6, 6.07) is 16.4. The van der Waals surface area contributed by atoms with E-state index in [1.165, 1.54) is 0 Å². The first-order chi connectivity index (χ1) is 15.9. The lowest BCUT2D eigenvalue weighted by Gasteiger charge is -2.45. The molecule has 0 radical (unpaired) electrons. The molecule has 0 saturated heterocycles. The van der Waals surface area contributed by atoms with Crippen LogP contribution in [0.1, 0.15) is 33.1 Å². The average molecular weight is 488 g/mol. The third-order valence-corrected chi connectivity index (χ3v) is 8.60.